The Morgan fingerprint density at radius 3 is 2.75 bits per heavy atom. The summed E-state index contributed by atoms with van der Waals surface area (Å²) in [5.41, 5.74) is 0.595. The summed E-state index contributed by atoms with van der Waals surface area (Å²) in [6, 6.07) is 4.27. The molecule has 0 aliphatic carbocycles. The van der Waals surface area contributed by atoms with Gasteiger partial charge in [0.05, 0.1) is 15.6 Å². The molecule has 20 heavy (non-hydrogen) atoms. The number of nitro groups is 1. The predicted octanol–water partition coefficient (Wildman–Crippen LogP) is 3.55. The molecule has 0 bridgehead atoms. The third-order valence-electron chi connectivity index (χ3n) is 2.97. The fourth-order valence-electron chi connectivity index (χ4n) is 1.73. The van der Waals surface area contributed by atoms with Gasteiger partial charge in [-0.2, -0.15) is 0 Å². The maximum absolute atomic E-state index is 10.6. The van der Waals surface area contributed by atoms with Crippen LogP contribution in [-0.4, -0.2) is 22.5 Å². The van der Waals surface area contributed by atoms with Gasteiger partial charge in [0.2, 0.25) is 0 Å². The van der Waals surface area contributed by atoms with Gasteiger partial charge in [-0.05, 0) is 24.8 Å². The Bertz CT molecular complexity index is 493. The Labute approximate surface area is 121 Å². The quantitative estimate of drug-likeness (QED) is 0.565. The van der Waals surface area contributed by atoms with Crippen molar-refractivity contribution in [3.05, 3.63) is 33.3 Å². The van der Waals surface area contributed by atoms with E-state index in [1.165, 1.54) is 12.1 Å². The lowest BCUT2D eigenvalue weighted by atomic mass is 10.0. The van der Waals surface area contributed by atoms with Crippen LogP contribution in [0.4, 0.5) is 11.4 Å². The molecule has 0 amide bonds. The molecule has 6 nitrogen and oxygen atoms in total. The van der Waals surface area contributed by atoms with E-state index in [1.807, 2.05) is 6.92 Å². The first-order valence-corrected chi connectivity index (χ1v) is 6.67. The normalized spacial score (nSPS) is 11.9. The smallest absolute Gasteiger partial charge is 0.303 e. The zero-order chi connectivity index (χ0) is 15.1. The molecule has 0 aromatic heterocycles. The number of rotatable bonds is 8. The van der Waals surface area contributed by atoms with Crippen molar-refractivity contribution >= 4 is 28.9 Å². The summed E-state index contributed by atoms with van der Waals surface area (Å²) in [4.78, 5) is 20.5. The fraction of sp³-hybridized carbons (Fsp3) is 0.462. The van der Waals surface area contributed by atoms with Crippen LogP contribution in [0.3, 0.4) is 0 Å². The van der Waals surface area contributed by atoms with Crippen molar-refractivity contribution in [1.29, 1.82) is 0 Å². The van der Waals surface area contributed by atoms with Crippen molar-refractivity contribution in [2.45, 2.75) is 26.2 Å². The average molecular weight is 301 g/mol. The number of carbonyl (C=O) groups is 1. The number of carboxylic acid groups (broad SMARTS) is 1. The lowest BCUT2D eigenvalue weighted by molar-refractivity contribution is -0.384. The summed E-state index contributed by atoms with van der Waals surface area (Å²) in [5.74, 6) is -0.501. The molecule has 1 atom stereocenters. The van der Waals surface area contributed by atoms with E-state index >= 15 is 0 Å². The molecule has 1 unspecified atom stereocenters. The van der Waals surface area contributed by atoms with Crippen LogP contribution in [0.2, 0.25) is 5.02 Å². The Balaban J connectivity index is 2.42. The topological polar surface area (TPSA) is 92.5 Å². The van der Waals surface area contributed by atoms with Gasteiger partial charge in [-0.3, -0.25) is 14.9 Å². The molecule has 0 heterocycles. The van der Waals surface area contributed by atoms with E-state index < -0.39 is 10.9 Å². The molecule has 7 heteroatoms. The van der Waals surface area contributed by atoms with Gasteiger partial charge in [-0.1, -0.05) is 18.5 Å². The number of nitrogens with one attached hydrogen (secondary N) is 1. The molecule has 0 fully saturated rings. The third kappa shape index (κ3) is 5.44. The molecule has 0 saturated heterocycles. The zero-order valence-electron chi connectivity index (χ0n) is 11.1. The summed E-state index contributed by atoms with van der Waals surface area (Å²) < 4.78 is 0. The highest BCUT2D eigenvalue weighted by Gasteiger charge is 2.10. The monoisotopic (exact) mass is 300 g/mol. The zero-order valence-corrected chi connectivity index (χ0v) is 11.9. The van der Waals surface area contributed by atoms with Gasteiger partial charge in [0.1, 0.15) is 0 Å². The van der Waals surface area contributed by atoms with Crippen LogP contribution < -0.4 is 5.32 Å². The van der Waals surface area contributed by atoms with E-state index in [-0.39, 0.29) is 18.0 Å². The number of hydrogen-bond donors (Lipinski definition) is 2. The lowest BCUT2D eigenvalue weighted by Gasteiger charge is -2.12. The van der Waals surface area contributed by atoms with E-state index in [9.17, 15) is 14.9 Å². The fourth-order valence-corrected chi connectivity index (χ4v) is 1.97. The van der Waals surface area contributed by atoms with E-state index in [2.05, 4.69) is 5.32 Å². The van der Waals surface area contributed by atoms with Gasteiger partial charge in [-0.15, -0.1) is 0 Å². The lowest BCUT2D eigenvalue weighted by Crippen LogP contribution is -2.08. The number of nitro benzene ring substituents is 1. The van der Waals surface area contributed by atoms with Gasteiger partial charge < -0.3 is 10.4 Å². The van der Waals surface area contributed by atoms with Crippen molar-refractivity contribution < 1.29 is 14.8 Å². The minimum Gasteiger partial charge on any atom is -0.481 e. The van der Waals surface area contributed by atoms with Crippen LogP contribution in [0.5, 0.6) is 0 Å². The highest BCUT2D eigenvalue weighted by Crippen LogP contribution is 2.26. The van der Waals surface area contributed by atoms with Crippen molar-refractivity contribution in [3.8, 4) is 0 Å². The van der Waals surface area contributed by atoms with Crippen LogP contribution in [0.25, 0.3) is 0 Å². The largest absolute Gasteiger partial charge is 0.481 e. The summed E-state index contributed by atoms with van der Waals surface area (Å²) >= 11 is 5.95. The molecule has 0 radical (unpaired) electrons. The van der Waals surface area contributed by atoms with Crippen molar-refractivity contribution in [1.82, 2.24) is 0 Å². The van der Waals surface area contributed by atoms with Crippen LogP contribution in [0.1, 0.15) is 26.2 Å². The second-order valence-corrected chi connectivity index (χ2v) is 5.08. The minimum atomic E-state index is -0.789. The Morgan fingerprint density at radius 1 is 1.50 bits per heavy atom. The van der Waals surface area contributed by atoms with Crippen molar-refractivity contribution in [2.75, 3.05) is 11.9 Å². The van der Waals surface area contributed by atoms with Crippen LogP contribution in [-0.2, 0) is 4.79 Å². The molecule has 110 valence electrons. The number of aliphatic carboxylic acids is 1. The first kappa shape index (κ1) is 16.2. The number of halogens is 1. The van der Waals surface area contributed by atoms with Crippen molar-refractivity contribution in [2.24, 2.45) is 5.92 Å². The van der Waals surface area contributed by atoms with Gasteiger partial charge in [-0.25, -0.2) is 0 Å². The third-order valence-corrected chi connectivity index (χ3v) is 3.28. The molecule has 0 spiro atoms. The summed E-state index contributed by atoms with van der Waals surface area (Å²) in [6.07, 6.45) is 1.60. The minimum absolute atomic E-state index is 0.0459. The number of anilines is 1. The van der Waals surface area contributed by atoms with Gasteiger partial charge in [0.15, 0.2) is 0 Å². The second-order valence-electron chi connectivity index (χ2n) is 4.67. The Hall–Kier alpha value is -1.82. The van der Waals surface area contributed by atoms with E-state index in [4.69, 9.17) is 16.7 Å². The molecular formula is C13H17ClN2O4. The Kier molecular flexibility index (Phi) is 6.24. The standard InChI is InChI=1S/C13H17ClN2O4/c1-9(2-5-13(17)18)6-7-15-12-4-3-10(16(19)20)8-11(12)14/h3-4,8-9,15H,2,5-7H2,1H3,(H,17,18). The maximum Gasteiger partial charge on any atom is 0.303 e. The van der Waals surface area contributed by atoms with Crippen LogP contribution >= 0.6 is 11.6 Å². The van der Waals surface area contributed by atoms with E-state index in [0.29, 0.717) is 23.7 Å². The van der Waals surface area contributed by atoms with E-state index in [0.717, 1.165) is 6.42 Å². The SMILES string of the molecule is CC(CCNc1ccc([N+](=O)[O-])cc1Cl)CCC(=O)O. The number of non-ortho nitro benzene ring substituents is 1. The van der Waals surface area contributed by atoms with Gasteiger partial charge in [0.25, 0.3) is 5.69 Å². The summed E-state index contributed by atoms with van der Waals surface area (Å²) in [7, 11) is 0. The average Bonchev–Trinajstić information content (AvgIpc) is 2.38. The van der Waals surface area contributed by atoms with E-state index in [1.54, 1.807) is 6.07 Å². The molecule has 1 rings (SSSR count). The second kappa shape index (κ2) is 7.69. The molecular weight excluding hydrogens is 284 g/mol. The number of nitrogens with zero attached hydrogens (tertiary/aromatic N) is 1. The molecule has 1 aromatic carbocycles. The van der Waals surface area contributed by atoms with Crippen LogP contribution in [0, 0.1) is 16.0 Å². The summed E-state index contributed by atoms with van der Waals surface area (Å²) in [5, 5.41) is 22.6. The van der Waals surface area contributed by atoms with Gasteiger partial charge in [0, 0.05) is 25.1 Å². The Morgan fingerprint density at radius 2 is 2.20 bits per heavy atom. The molecule has 0 aliphatic heterocycles. The molecule has 2 N–H and O–H groups in total. The highest BCUT2D eigenvalue weighted by atomic mass is 35.5. The predicted molar refractivity (Wildman–Crippen MR) is 77.2 cm³/mol. The van der Waals surface area contributed by atoms with Crippen LogP contribution in [0.15, 0.2) is 18.2 Å². The molecule has 0 aliphatic rings. The first-order valence-electron chi connectivity index (χ1n) is 6.29. The highest BCUT2D eigenvalue weighted by molar-refractivity contribution is 6.33. The molecule has 0 saturated carbocycles. The number of benzene rings is 1. The van der Waals surface area contributed by atoms with Crippen molar-refractivity contribution in [3.63, 3.8) is 0 Å². The first-order chi connectivity index (χ1) is 9.40. The number of hydrogen-bond acceptors (Lipinski definition) is 4. The molecule has 1 aromatic rings. The number of carboxylic acids is 1. The van der Waals surface area contributed by atoms with Gasteiger partial charge >= 0.3 is 5.97 Å². The summed E-state index contributed by atoms with van der Waals surface area (Å²) in [6.45, 7) is 2.63. The maximum atomic E-state index is 10.6.